The topological polar surface area (TPSA) is 30.5 Å². The summed E-state index contributed by atoms with van der Waals surface area (Å²) in [6, 6.07) is 6.05. The molecule has 0 aromatic heterocycles. The van der Waals surface area contributed by atoms with Gasteiger partial charge in [0.15, 0.2) is 11.5 Å². The number of rotatable bonds is 9. The molecule has 0 aliphatic carbocycles. The second kappa shape index (κ2) is 8.81. The maximum Gasteiger partial charge on any atom is 0.165 e. The summed E-state index contributed by atoms with van der Waals surface area (Å²) in [4.78, 5) is 0. The van der Waals surface area contributed by atoms with Crippen LogP contribution in [0.5, 0.6) is 11.5 Å². The average molecular weight is 265 g/mol. The van der Waals surface area contributed by atoms with Gasteiger partial charge in [-0.05, 0) is 24.9 Å². The quantitative estimate of drug-likeness (QED) is 0.739. The largest absolute Gasteiger partial charge is 0.493 e. The van der Waals surface area contributed by atoms with E-state index in [9.17, 15) is 0 Å². The minimum Gasteiger partial charge on any atom is -0.493 e. The van der Waals surface area contributed by atoms with Gasteiger partial charge in [-0.25, -0.2) is 0 Å². The van der Waals surface area contributed by atoms with E-state index in [-0.39, 0.29) is 0 Å². The third kappa shape index (κ3) is 5.11. The average Bonchev–Trinajstić information content (AvgIpc) is 2.43. The molecule has 1 N–H and O–H groups in total. The first-order chi connectivity index (χ1) is 9.22. The van der Waals surface area contributed by atoms with E-state index < -0.39 is 0 Å². The van der Waals surface area contributed by atoms with Crippen LogP contribution >= 0.6 is 0 Å². The second-order valence-corrected chi connectivity index (χ2v) is 4.93. The number of hydrogen-bond donors (Lipinski definition) is 1. The Kier molecular flexibility index (Phi) is 7.34. The van der Waals surface area contributed by atoms with Crippen LogP contribution in [-0.2, 0) is 6.54 Å². The van der Waals surface area contributed by atoms with Crippen LogP contribution in [0, 0.1) is 5.92 Å². The monoisotopic (exact) mass is 265 g/mol. The molecular weight excluding hydrogens is 238 g/mol. The lowest BCUT2D eigenvalue weighted by Crippen LogP contribution is -2.15. The number of methoxy groups -OCH3 is 1. The Morgan fingerprint density at radius 2 is 2.05 bits per heavy atom. The Morgan fingerprint density at radius 3 is 2.68 bits per heavy atom. The first-order valence-corrected chi connectivity index (χ1v) is 7.22. The van der Waals surface area contributed by atoms with Gasteiger partial charge in [0.2, 0.25) is 0 Å². The van der Waals surface area contributed by atoms with Crippen LogP contribution in [0.15, 0.2) is 18.2 Å². The van der Waals surface area contributed by atoms with Gasteiger partial charge in [-0.15, -0.1) is 0 Å². The summed E-state index contributed by atoms with van der Waals surface area (Å²) in [5.74, 6) is 2.27. The number of hydrogen-bond acceptors (Lipinski definition) is 3. The Morgan fingerprint density at radius 1 is 1.26 bits per heavy atom. The van der Waals surface area contributed by atoms with Crippen molar-refractivity contribution in [1.29, 1.82) is 0 Å². The zero-order chi connectivity index (χ0) is 14.1. The molecule has 0 radical (unpaired) electrons. The van der Waals surface area contributed by atoms with E-state index in [4.69, 9.17) is 9.47 Å². The third-order valence-corrected chi connectivity index (χ3v) is 3.14. The van der Waals surface area contributed by atoms with Gasteiger partial charge in [0.1, 0.15) is 0 Å². The first kappa shape index (κ1) is 15.8. The lowest BCUT2D eigenvalue weighted by molar-refractivity contribution is 0.237. The third-order valence-electron chi connectivity index (χ3n) is 3.14. The highest BCUT2D eigenvalue weighted by Gasteiger charge is 2.11. The van der Waals surface area contributed by atoms with Gasteiger partial charge in [-0.1, -0.05) is 39.3 Å². The van der Waals surface area contributed by atoms with Crippen LogP contribution in [0.25, 0.3) is 0 Å². The van der Waals surface area contributed by atoms with Crippen LogP contribution < -0.4 is 14.8 Å². The van der Waals surface area contributed by atoms with E-state index in [1.807, 2.05) is 12.1 Å². The maximum atomic E-state index is 6.01. The predicted octanol–water partition coefficient (Wildman–Crippen LogP) is 3.62. The van der Waals surface area contributed by atoms with Gasteiger partial charge < -0.3 is 14.8 Å². The van der Waals surface area contributed by atoms with Gasteiger partial charge in [-0.3, -0.25) is 0 Å². The fraction of sp³-hybridized carbons (Fsp3) is 0.625. The van der Waals surface area contributed by atoms with Crippen LogP contribution in [-0.4, -0.2) is 20.3 Å². The fourth-order valence-electron chi connectivity index (χ4n) is 2.09. The smallest absolute Gasteiger partial charge is 0.165 e. The van der Waals surface area contributed by atoms with Gasteiger partial charge in [-0.2, -0.15) is 0 Å². The van der Waals surface area contributed by atoms with E-state index >= 15 is 0 Å². The van der Waals surface area contributed by atoms with Crippen molar-refractivity contribution < 1.29 is 9.47 Å². The summed E-state index contributed by atoms with van der Waals surface area (Å²) in [6.07, 6.45) is 2.39. The zero-order valence-electron chi connectivity index (χ0n) is 12.7. The molecule has 0 aliphatic heterocycles. The highest BCUT2D eigenvalue weighted by molar-refractivity contribution is 5.46. The van der Waals surface area contributed by atoms with Crippen molar-refractivity contribution in [1.82, 2.24) is 5.32 Å². The molecule has 1 aromatic rings. The summed E-state index contributed by atoms with van der Waals surface area (Å²) in [6.45, 7) is 9.03. The predicted molar refractivity (Wildman–Crippen MR) is 79.9 cm³/mol. The summed E-state index contributed by atoms with van der Waals surface area (Å²) in [5.41, 5.74) is 1.16. The van der Waals surface area contributed by atoms with Crippen LogP contribution in [0.4, 0.5) is 0 Å². The molecule has 1 rings (SSSR count). The molecule has 3 heteroatoms. The van der Waals surface area contributed by atoms with Crippen LogP contribution in [0.2, 0.25) is 0 Å². The van der Waals surface area contributed by atoms with Crippen molar-refractivity contribution in [2.24, 2.45) is 5.92 Å². The molecule has 108 valence electrons. The molecule has 1 atom stereocenters. The van der Waals surface area contributed by atoms with Crippen molar-refractivity contribution in [3.63, 3.8) is 0 Å². The van der Waals surface area contributed by atoms with Gasteiger partial charge in [0.05, 0.1) is 13.7 Å². The molecule has 0 bridgehead atoms. The summed E-state index contributed by atoms with van der Waals surface area (Å²) in [7, 11) is 1.69. The molecule has 1 aromatic carbocycles. The Hall–Kier alpha value is -1.22. The van der Waals surface area contributed by atoms with Gasteiger partial charge in [0.25, 0.3) is 0 Å². The van der Waals surface area contributed by atoms with Crippen molar-refractivity contribution in [2.45, 2.75) is 40.2 Å². The molecular formula is C16H27NO2. The van der Waals surface area contributed by atoms with E-state index in [1.54, 1.807) is 7.11 Å². The summed E-state index contributed by atoms with van der Waals surface area (Å²) in [5, 5.41) is 3.33. The number of nitrogens with one attached hydrogen (secondary N) is 1. The second-order valence-electron chi connectivity index (χ2n) is 4.93. The van der Waals surface area contributed by atoms with E-state index in [1.165, 1.54) is 12.8 Å². The molecule has 0 saturated heterocycles. The molecule has 19 heavy (non-hydrogen) atoms. The minimum atomic E-state index is 0.571. The molecule has 0 heterocycles. The Labute approximate surface area is 117 Å². The zero-order valence-corrected chi connectivity index (χ0v) is 12.7. The highest BCUT2D eigenvalue weighted by atomic mass is 16.5. The van der Waals surface area contributed by atoms with Gasteiger partial charge in [0, 0.05) is 12.1 Å². The maximum absolute atomic E-state index is 6.01. The van der Waals surface area contributed by atoms with Crippen molar-refractivity contribution in [3.8, 4) is 11.5 Å². The summed E-state index contributed by atoms with van der Waals surface area (Å²) >= 11 is 0. The molecule has 0 fully saturated rings. The van der Waals surface area contributed by atoms with Crippen molar-refractivity contribution in [2.75, 3.05) is 20.3 Å². The minimum absolute atomic E-state index is 0.571. The van der Waals surface area contributed by atoms with Crippen LogP contribution in [0.3, 0.4) is 0 Å². The van der Waals surface area contributed by atoms with E-state index in [2.05, 4.69) is 32.2 Å². The lowest BCUT2D eigenvalue weighted by Gasteiger charge is -2.17. The van der Waals surface area contributed by atoms with Crippen molar-refractivity contribution in [3.05, 3.63) is 23.8 Å². The molecule has 0 amide bonds. The Bertz CT molecular complexity index is 366. The highest BCUT2D eigenvalue weighted by Crippen LogP contribution is 2.31. The molecule has 0 aliphatic rings. The lowest BCUT2D eigenvalue weighted by atomic mass is 10.1. The number of para-hydroxylation sites is 1. The number of ether oxygens (including phenoxy) is 2. The SMILES string of the molecule is CCCC(C)COc1c(CNCC)cccc1OC. The van der Waals surface area contributed by atoms with Crippen LogP contribution in [0.1, 0.15) is 39.2 Å². The first-order valence-electron chi connectivity index (χ1n) is 7.22. The fourth-order valence-corrected chi connectivity index (χ4v) is 2.09. The molecule has 0 saturated carbocycles. The molecule has 0 spiro atoms. The van der Waals surface area contributed by atoms with E-state index in [0.29, 0.717) is 5.92 Å². The van der Waals surface area contributed by atoms with Crippen molar-refractivity contribution >= 4 is 0 Å². The normalized spacial score (nSPS) is 12.2. The Balaban J connectivity index is 2.76. The van der Waals surface area contributed by atoms with E-state index in [0.717, 1.165) is 36.8 Å². The van der Waals surface area contributed by atoms with Gasteiger partial charge >= 0.3 is 0 Å². The number of benzene rings is 1. The molecule has 1 unspecified atom stereocenters. The standard InChI is InChI=1S/C16H27NO2/c1-5-8-13(3)12-19-16-14(11-17-6-2)9-7-10-15(16)18-4/h7,9-10,13,17H,5-6,8,11-12H2,1-4H3. The summed E-state index contributed by atoms with van der Waals surface area (Å²) < 4.78 is 11.4. The molecule has 3 nitrogen and oxygen atoms in total.